The Morgan fingerprint density at radius 2 is 2.11 bits per heavy atom. The lowest BCUT2D eigenvalue weighted by molar-refractivity contribution is -0.124. The molecule has 0 aromatic rings. The van der Waals surface area contributed by atoms with Crippen LogP contribution in [0.5, 0.6) is 0 Å². The number of rotatable bonds is 1. The molecule has 4 nitrogen and oxygen atoms in total. The third-order valence-electron chi connectivity index (χ3n) is 4.22. The number of nitrogens with zero attached hydrogens (tertiary/aromatic N) is 1. The van der Waals surface area contributed by atoms with Crippen LogP contribution in [-0.2, 0) is 4.79 Å². The summed E-state index contributed by atoms with van der Waals surface area (Å²) < 4.78 is 0. The molecule has 1 heterocycles. The summed E-state index contributed by atoms with van der Waals surface area (Å²) in [5.74, 6) is 1.52. The van der Waals surface area contributed by atoms with Gasteiger partial charge in [0.1, 0.15) is 5.54 Å². The summed E-state index contributed by atoms with van der Waals surface area (Å²) in [4.78, 5) is 17.0. The maximum atomic E-state index is 12.3. The Morgan fingerprint density at radius 3 is 2.74 bits per heavy atom. The van der Waals surface area contributed by atoms with Crippen molar-refractivity contribution in [3.8, 4) is 0 Å². The Labute approximate surface area is 116 Å². The average Bonchev–Trinajstić information content (AvgIpc) is 2.48. The third-order valence-corrected chi connectivity index (χ3v) is 4.22. The van der Waals surface area contributed by atoms with Gasteiger partial charge in [-0.15, -0.1) is 0 Å². The first-order valence-electron chi connectivity index (χ1n) is 7.54. The van der Waals surface area contributed by atoms with E-state index in [1.165, 1.54) is 12.8 Å². The Kier molecular flexibility index (Phi) is 3.88. The van der Waals surface area contributed by atoms with Gasteiger partial charge in [-0.05, 0) is 46.0 Å². The lowest BCUT2D eigenvalue weighted by Crippen LogP contribution is -2.47. The number of carbonyl (C=O) groups excluding carboxylic acids is 1. The molecule has 2 unspecified atom stereocenters. The Balaban J connectivity index is 2.12. The van der Waals surface area contributed by atoms with E-state index >= 15 is 0 Å². The van der Waals surface area contributed by atoms with Crippen molar-refractivity contribution in [1.82, 2.24) is 10.6 Å². The van der Waals surface area contributed by atoms with E-state index in [9.17, 15) is 4.79 Å². The highest BCUT2D eigenvalue weighted by atomic mass is 16.2. The van der Waals surface area contributed by atoms with Crippen molar-refractivity contribution in [1.29, 1.82) is 0 Å². The molecular weight excluding hydrogens is 238 g/mol. The van der Waals surface area contributed by atoms with Crippen LogP contribution in [0.25, 0.3) is 0 Å². The van der Waals surface area contributed by atoms with E-state index in [4.69, 9.17) is 4.99 Å². The van der Waals surface area contributed by atoms with Crippen molar-refractivity contribution >= 4 is 11.9 Å². The zero-order valence-corrected chi connectivity index (χ0v) is 12.7. The van der Waals surface area contributed by atoms with Gasteiger partial charge in [0.15, 0.2) is 5.96 Å². The minimum atomic E-state index is -0.489. The molecule has 1 spiro atoms. The van der Waals surface area contributed by atoms with Crippen molar-refractivity contribution in [2.24, 2.45) is 10.9 Å². The van der Waals surface area contributed by atoms with Crippen LogP contribution in [0.15, 0.2) is 4.99 Å². The minimum absolute atomic E-state index is 0.0751. The van der Waals surface area contributed by atoms with Crippen molar-refractivity contribution in [3.63, 3.8) is 0 Å². The largest absolute Gasteiger partial charge is 0.351 e. The smallest absolute Gasteiger partial charge is 0.254 e. The summed E-state index contributed by atoms with van der Waals surface area (Å²) in [6.07, 6.45) is 6.48. The second kappa shape index (κ2) is 5.14. The van der Waals surface area contributed by atoms with Crippen LogP contribution in [0.3, 0.4) is 0 Å². The molecule has 1 aliphatic carbocycles. The highest BCUT2D eigenvalue weighted by Crippen LogP contribution is 2.36. The molecule has 1 fully saturated rings. The summed E-state index contributed by atoms with van der Waals surface area (Å²) in [7, 11) is 0. The predicted molar refractivity (Wildman–Crippen MR) is 78.1 cm³/mol. The molecule has 2 rings (SSSR count). The van der Waals surface area contributed by atoms with E-state index in [0.717, 1.165) is 31.6 Å². The van der Waals surface area contributed by atoms with E-state index in [2.05, 4.69) is 38.3 Å². The number of nitrogens with one attached hydrogen (secondary N) is 2. The van der Waals surface area contributed by atoms with E-state index < -0.39 is 5.54 Å². The second-order valence-corrected chi connectivity index (χ2v) is 7.03. The molecule has 0 saturated heterocycles. The predicted octanol–water partition coefficient (Wildman–Crippen LogP) is 2.59. The third kappa shape index (κ3) is 3.28. The SMILES string of the molecule is CCC1CCCC2(CC1)N=C(NC(C)(C)C)NC2=O. The fraction of sp³-hybridized carbons (Fsp3) is 0.867. The molecular formula is C15H27N3O. The van der Waals surface area contributed by atoms with Crippen molar-refractivity contribution in [2.45, 2.75) is 77.3 Å². The summed E-state index contributed by atoms with van der Waals surface area (Å²) in [6, 6.07) is 0. The van der Waals surface area contributed by atoms with Gasteiger partial charge in [-0.2, -0.15) is 0 Å². The summed E-state index contributed by atoms with van der Waals surface area (Å²) in [6.45, 7) is 8.47. The van der Waals surface area contributed by atoms with Gasteiger partial charge in [0.2, 0.25) is 0 Å². The first-order valence-corrected chi connectivity index (χ1v) is 7.54. The molecule has 2 aliphatic rings. The van der Waals surface area contributed by atoms with Crippen LogP contribution in [0.1, 0.15) is 66.2 Å². The summed E-state index contributed by atoms with van der Waals surface area (Å²) in [5, 5.41) is 6.22. The Morgan fingerprint density at radius 1 is 1.37 bits per heavy atom. The molecule has 1 saturated carbocycles. The molecule has 0 aromatic carbocycles. The Hall–Kier alpha value is -1.06. The van der Waals surface area contributed by atoms with Crippen LogP contribution >= 0.6 is 0 Å². The molecule has 0 aromatic heterocycles. The van der Waals surface area contributed by atoms with E-state index in [0.29, 0.717) is 5.96 Å². The number of aliphatic imine (C=N–C) groups is 1. The molecule has 108 valence electrons. The molecule has 0 radical (unpaired) electrons. The highest BCUT2D eigenvalue weighted by molar-refractivity contribution is 6.07. The first-order chi connectivity index (χ1) is 8.85. The maximum Gasteiger partial charge on any atom is 0.254 e. The number of carbonyl (C=O) groups is 1. The van der Waals surface area contributed by atoms with Crippen LogP contribution in [0.2, 0.25) is 0 Å². The molecule has 1 amide bonds. The van der Waals surface area contributed by atoms with Crippen molar-refractivity contribution < 1.29 is 4.79 Å². The Bertz CT molecular complexity index is 383. The van der Waals surface area contributed by atoms with Crippen molar-refractivity contribution in [2.75, 3.05) is 0 Å². The van der Waals surface area contributed by atoms with Crippen molar-refractivity contribution in [3.05, 3.63) is 0 Å². The van der Waals surface area contributed by atoms with Gasteiger partial charge in [0.25, 0.3) is 5.91 Å². The zero-order chi connectivity index (χ0) is 14.1. The molecule has 2 atom stereocenters. The highest BCUT2D eigenvalue weighted by Gasteiger charge is 2.44. The monoisotopic (exact) mass is 265 g/mol. The lowest BCUT2D eigenvalue weighted by Gasteiger charge is -2.21. The number of hydrogen-bond donors (Lipinski definition) is 2. The second-order valence-electron chi connectivity index (χ2n) is 7.03. The van der Waals surface area contributed by atoms with E-state index in [1.807, 2.05) is 0 Å². The zero-order valence-electron chi connectivity index (χ0n) is 12.7. The average molecular weight is 265 g/mol. The summed E-state index contributed by atoms with van der Waals surface area (Å²) >= 11 is 0. The van der Waals surface area contributed by atoms with Gasteiger partial charge in [-0.25, -0.2) is 4.99 Å². The van der Waals surface area contributed by atoms with Crippen LogP contribution in [-0.4, -0.2) is 22.9 Å². The lowest BCUT2D eigenvalue weighted by atomic mass is 9.90. The van der Waals surface area contributed by atoms with Gasteiger partial charge in [0, 0.05) is 5.54 Å². The molecule has 1 aliphatic heterocycles. The molecule has 2 N–H and O–H groups in total. The van der Waals surface area contributed by atoms with Crippen LogP contribution in [0, 0.1) is 5.92 Å². The van der Waals surface area contributed by atoms with E-state index in [-0.39, 0.29) is 11.4 Å². The van der Waals surface area contributed by atoms with Crippen LogP contribution < -0.4 is 10.6 Å². The van der Waals surface area contributed by atoms with Gasteiger partial charge in [0.05, 0.1) is 0 Å². The van der Waals surface area contributed by atoms with Gasteiger partial charge >= 0.3 is 0 Å². The number of hydrogen-bond acceptors (Lipinski definition) is 3. The van der Waals surface area contributed by atoms with E-state index in [1.54, 1.807) is 0 Å². The molecule has 4 heteroatoms. The number of guanidine groups is 1. The minimum Gasteiger partial charge on any atom is -0.351 e. The standard InChI is InChI=1S/C15H27N3O/c1-5-11-7-6-9-15(10-8-11)12(19)16-13(18-15)17-14(2,3)4/h11H,5-10H2,1-4H3,(H2,16,17,18,19). The van der Waals surface area contributed by atoms with Gasteiger partial charge < -0.3 is 5.32 Å². The molecule has 0 bridgehead atoms. The first kappa shape index (κ1) is 14.4. The topological polar surface area (TPSA) is 53.5 Å². The summed E-state index contributed by atoms with van der Waals surface area (Å²) in [5.41, 5.74) is -0.564. The number of amides is 1. The quantitative estimate of drug-likeness (QED) is 0.765. The van der Waals surface area contributed by atoms with Gasteiger partial charge in [-0.1, -0.05) is 26.2 Å². The van der Waals surface area contributed by atoms with Gasteiger partial charge in [-0.3, -0.25) is 10.1 Å². The normalized spacial score (nSPS) is 31.9. The fourth-order valence-corrected chi connectivity index (χ4v) is 3.07. The maximum absolute atomic E-state index is 12.3. The van der Waals surface area contributed by atoms with Crippen LogP contribution in [0.4, 0.5) is 0 Å². The fourth-order valence-electron chi connectivity index (χ4n) is 3.07. The molecule has 19 heavy (non-hydrogen) atoms.